The highest BCUT2D eigenvalue weighted by Gasteiger charge is 2.46. The molecular weight excluding hydrogens is 318 g/mol. The molecule has 0 spiro atoms. The van der Waals surface area contributed by atoms with Crippen LogP contribution in [0.5, 0.6) is 0 Å². The highest BCUT2D eigenvalue weighted by Crippen LogP contribution is 2.30. The molecule has 0 N–H and O–H groups in total. The Balaban J connectivity index is 1.84. The molecule has 0 aromatic carbocycles. The van der Waals surface area contributed by atoms with E-state index in [4.69, 9.17) is 0 Å². The fourth-order valence-electron chi connectivity index (χ4n) is 3.42. The molecule has 0 radical (unpaired) electrons. The number of carbonyl (C=O) groups is 2. The first-order valence-corrected chi connectivity index (χ1v) is 8.42. The fraction of sp³-hybridized carbons (Fsp3) is 0.444. The molecule has 2 aromatic rings. The van der Waals surface area contributed by atoms with Gasteiger partial charge in [0, 0.05) is 44.9 Å². The first-order chi connectivity index (χ1) is 12.0. The molecule has 1 fully saturated rings. The third-order valence-electron chi connectivity index (χ3n) is 4.63. The highest BCUT2D eigenvalue weighted by atomic mass is 16.2. The number of hydrogen-bond acceptors (Lipinski definition) is 4. The van der Waals surface area contributed by atoms with Crippen molar-refractivity contribution >= 4 is 11.8 Å². The van der Waals surface area contributed by atoms with Crippen molar-refractivity contribution in [3.05, 3.63) is 48.5 Å². The molecule has 3 heterocycles. The van der Waals surface area contributed by atoms with E-state index in [1.807, 2.05) is 18.2 Å². The molecule has 25 heavy (non-hydrogen) atoms. The molecule has 0 aliphatic carbocycles. The Labute approximate surface area is 147 Å². The molecule has 7 heteroatoms. The van der Waals surface area contributed by atoms with Gasteiger partial charge in [0.25, 0.3) is 5.91 Å². The summed E-state index contributed by atoms with van der Waals surface area (Å²) in [6.07, 6.45) is 6.81. The topological polar surface area (TPSA) is 71.3 Å². The molecule has 3 rings (SSSR count). The standard InChI is InChI=1S/C18H23N5O2/c1-21(2)17(25)18(23-12-6-10-20-23)8-5-11-22(14-18)16(24)13-15-7-3-4-9-19-15/h3-4,6-7,9-10,12H,5,8,11,13-14H2,1-2H3. The summed E-state index contributed by atoms with van der Waals surface area (Å²) in [5, 5.41) is 4.31. The van der Waals surface area contributed by atoms with Gasteiger partial charge in [-0.3, -0.25) is 19.3 Å². The van der Waals surface area contributed by atoms with E-state index in [-0.39, 0.29) is 18.2 Å². The van der Waals surface area contributed by atoms with Crippen LogP contribution in [0.2, 0.25) is 0 Å². The molecule has 2 amide bonds. The van der Waals surface area contributed by atoms with Crippen LogP contribution < -0.4 is 0 Å². The smallest absolute Gasteiger partial charge is 0.251 e. The molecule has 1 saturated heterocycles. The number of hydrogen-bond donors (Lipinski definition) is 0. The lowest BCUT2D eigenvalue weighted by atomic mass is 9.87. The average molecular weight is 341 g/mol. The van der Waals surface area contributed by atoms with Gasteiger partial charge in [-0.25, -0.2) is 0 Å². The Morgan fingerprint density at radius 2 is 2.08 bits per heavy atom. The normalized spacial score (nSPS) is 20.3. The number of rotatable bonds is 4. The molecule has 0 bridgehead atoms. The van der Waals surface area contributed by atoms with E-state index < -0.39 is 5.54 Å². The maximum Gasteiger partial charge on any atom is 0.251 e. The number of pyridine rings is 1. The Hall–Kier alpha value is -2.70. The molecule has 2 aromatic heterocycles. The van der Waals surface area contributed by atoms with E-state index in [0.29, 0.717) is 19.5 Å². The lowest BCUT2D eigenvalue weighted by Gasteiger charge is -2.42. The number of likely N-dealkylation sites (tertiary alicyclic amines) is 1. The molecule has 0 saturated carbocycles. The van der Waals surface area contributed by atoms with Gasteiger partial charge >= 0.3 is 0 Å². The Bertz CT molecular complexity index is 729. The van der Waals surface area contributed by atoms with Crippen LogP contribution in [0.4, 0.5) is 0 Å². The lowest BCUT2D eigenvalue weighted by Crippen LogP contribution is -2.59. The lowest BCUT2D eigenvalue weighted by molar-refractivity contribution is -0.146. The molecule has 1 aliphatic rings. The summed E-state index contributed by atoms with van der Waals surface area (Å²) in [4.78, 5) is 33.3. The first-order valence-electron chi connectivity index (χ1n) is 8.42. The molecule has 1 aliphatic heterocycles. The zero-order valence-corrected chi connectivity index (χ0v) is 14.6. The second kappa shape index (κ2) is 7.04. The predicted octanol–water partition coefficient (Wildman–Crippen LogP) is 0.927. The largest absolute Gasteiger partial charge is 0.347 e. The zero-order chi connectivity index (χ0) is 17.9. The van der Waals surface area contributed by atoms with E-state index >= 15 is 0 Å². The summed E-state index contributed by atoms with van der Waals surface area (Å²) in [7, 11) is 3.48. The van der Waals surface area contributed by atoms with Crippen LogP contribution in [0.25, 0.3) is 0 Å². The van der Waals surface area contributed by atoms with E-state index in [9.17, 15) is 9.59 Å². The van der Waals surface area contributed by atoms with Gasteiger partial charge in [0.2, 0.25) is 5.91 Å². The quantitative estimate of drug-likeness (QED) is 0.829. The first kappa shape index (κ1) is 17.1. The highest BCUT2D eigenvalue weighted by molar-refractivity contribution is 5.86. The summed E-state index contributed by atoms with van der Waals surface area (Å²) >= 11 is 0. The van der Waals surface area contributed by atoms with Crippen LogP contribution in [0.15, 0.2) is 42.9 Å². The number of piperidine rings is 1. The van der Waals surface area contributed by atoms with Gasteiger partial charge in [-0.1, -0.05) is 6.07 Å². The maximum absolute atomic E-state index is 13.0. The van der Waals surface area contributed by atoms with Gasteiger partial charge in [0.1, 0.15) is 0 Å². The Morgan fingerprint density at radius 1 is 1.24 bits per heavy atom. The number of aromatic nitrogens is 3. The number of carbonyl (C=O) groups excluding carboxylic acids is 2. The number of amides is 2. The van der Waals surface area contributed by atoms with Crippen LogP contribution in [0.1, 0.15) is 18.5 Å². The number of nitrogens with zero attached hydrogens (tertiary/aromatic N) is 5. The van der Waals surface area contributed by atoms with Crippen molar-refractivity contribution in [2.24, 2.45) is 0 Å². The summed E-state index contributed by atoms with van der Waals surface area (Å²) in [6, 6.07) is 7.34. The minimum atomic E-state index is -0.842. The summed E-state index contributed by atoms with van der Waals surface area (Å²) in [5.41, 5.74) is -0.105. The molecule has 1 atom stereocenters. The molecule has 7 nitrogen and oxygen atoms in total. The molecule has 132 valence electrons. The summed E-state index contributed by atoms with van der Waals surface area (Å²) in [5.74, 6) is -0.0481. The van der Waals surface area contributed by atoms with Crippen LogP contribution in [-0.4, -0.2) is 63.6 Å². The van der Waals surface area contributed by atoms with Gasteiger partial charge in [-0.2, -0.15) is 5.10 Å². The van der Waals surface area contributed by atoms with Crippen LogP contribution in [-0.2, 0) is 21.5 Å². The summed E-state index contributed by atoms with van der Waals surface area (Å²) in [6.45, 7) is 0.979. The third-order valence-corrected chi connectivity index (χ3v) is 4.63. The van der Waals surface area contributed by atoms with E-state index in [1.165, 1.54) is 0 Å². The van der Waals surface area contributed by atoms with Crippen LogP contribution in [0, 0.1) is 0 Å². The van der Waals surface area contributed by atoms with Crippen molar-refractivity contribution in [2.45, 2.75) is 24.8 Å². The van der Waals surface area contributed by atoms with E-state index in [2.05, 4.69) is 10.1 Å². The predicted molar refractivity (Wildman–Crippen MR) is 92.7 cm³/mol. The third kappa shape index (κ3) is 3.40. The van der Waals surface area contributed by atoms with Crippen molar-refractivity contribution in [3.8, 4) is 0 Å². The van der Waals surface area contributed by atoms with E-state index in [0.717, 1.165) is 12.1 Å². The SMILES string of the molecule is CN(C)C(=O)C1(n2cccn2)CCCN(C(=O)Cc2ccccn2)C1. The minimum absolute atomic E-state index is 0.0125. The fourth-order valence-corrected chi connectivity index (χ4v) is 3.42. The second-order valence-electron chi connectivity index (χ2n) is 6.60. The Kier molecular flexibility index (Phi) is 4.83. The van der Waals surface area contributed by atoms with Crippen molar-refractivity contribution in [1.82, 2.24) is 24.6 Å². The minimum Gasteiger partial charge on any atom is -0.347 e. The maximum atomic E-state index is 13.0. The number of likely N-dealkylation sites (N-methyl/N-ethyl adjacent to an activating group) is 1. The average Bonchev–Trinajstić information content (AvgIpc) is 3.17. The zero-order valence-electron chi connectivity index (χ0n) is 14.6. The Morgan fingerprint density at radius 3 is 2.72 bits per heavy atom. The second-order valence-corrected chi connectivity index (χ2v) is 6.60. The van der Waals surface area contributed by atoms with Crippen LogP contribution in [0.3, 0.4) is 0 Å². The van der Waals surface area contributed by atoms with Gasteiger partial charge in [0.15, 0.2) is 5.54 Å². The monoisotopic (exact) mass is 341 g/mol. The van der Waals surface area contributed by atoms with Gasteiger partial charge in [-0.05, 0) is 31.0 Å². The van der Waals surface area contributed by atoms with Gasteiger partial charge in [0.05, 0.1) is 13.0 Å². The van der Waals surface area contributed by atoms with Gasteiger partial charge < -0.3 is 9.80 Å². The molecule has 1 unspecified atom stereocenters. The van der Waals surface area contributed by atoms with Crippen molar-refractivity contribution in [2.75, 3.05) is 27.2 Å². The van der Waals surface area contributed by atoms with Crippen molar-refractivity contribution in [3.63, 3.8) is 0 Å². The van der Waals surface area contributed by atoms with E-state index in [1.54, 1.807) is 53.2 Å². The van der Waals surface area contributed by atoms with Crippen molar-refractivity contribution < 1.29 is 9.59 Å². The molecular formula is C18H23N5O2. The van der Waals surface area contributed by atoms with Crippen LogP contribution >= 0.6 is 0 Å². The van der Waals surface area contributed by atoms with Crippen molar-refractivity contribution in [1.29, 1.82) is 0 Å². The van der Waals surface area contributed by atoms with Gasteiger partial charge in [-0.15, -0.1) is 0 Å². The summed E-state index contributed by atoms with van der Waals surface area (Å²) < 4.78 is 1.70.